The topological polar surface area (TPSA) is 64.9 Å². The van der Waals surface area contributed by atoms with Crippen molar-refractivity contribution in [2.75, 3.05) is 0 Å². The molecule has 0 bridgehead atoms. The lowest BCUT2D eigenvalue weighted by Crippen LogP contribution is -2.25. The fourth-order valence-corrected chi connectivity index (χ4v) is 2.06. The molecule has 78 valence electrons. The Bertz CT molecular complexity index is 297. The zero-order valence-electron chi connectivity index (χ0n) is 8.57. The van der Waals surface area contributed by atoms with Gasteiger partial charge < -0.3 is 10.3 Å². The van der Waals surface area contributed by atoms with Gasteiger partial charge in [-0.05, 0) is 18.8 Å². The summed E-state index contributed by atoms with van der Waals surface area (Å²) in [5.74, 6) is 2.09. The SMILES string of the molecule is CCc1noc(C[C@@H]2CCC[C@H]2N)n1. The van der Waals surface area contributed by atoms with Gasteiger partial charge in [-0.3, -0.25) is 0 Å². The third-order valence-electron chi connectivity index (χ3n) is 2.98. The first-order chi connectivity index (χ1) is 6.79. The maximum absolute atomic E-state index is 5.98. The molecule has 0 amide bonds. The summed E-state index contributed by atoms with van der Waals surface area (Å²) in [4.78, 5) is 4.29. The predicted molar refractivity (Wildman–Crippen MR) is 52.7 cm³/mol. The molecule has 2 N–H and O–H groups in total. The number of hydrogen-bond acceptors (Lipinski definition) is 4. The van der Waals surface area contributed by atoms with Crippen molar-refractivity contribution in [1.29, 1.82) is 0 Å². The smallest absolute Gasteiger partial charge is 0.226 e. The summed E-state index contributed by atoms with van der Waals surface area (Å²) in [6.07, 6.45) is 5.26. The predicted octanol–water partition coefficient (Wildman–Crippen LogP) is 1.30. The van der Waals surface area contributed by atoms with E-state index in [0.29, 0.717) is 12.0 Å². The molecule has 0 spiro atoms. The van der Waals surface area contributed by atoms with E-state index in [9.17, 15) is 0 Å². The van der Waals surface area contributed by atoms with Crippen LogP contribution in [0.3, 0.4) is 0 Å². The second-order valence-electron chi connectivity index (χ2n) is 4.02. The molecule has 0 unspecified atom stereocenters. The highest BCUT2D eigenvalue weighted by Crippen LogP contribution is 2.26. The highest BCUT2D eigenvalue weighted by Gasteiger charge is 2.25. The summed E-state index contributed by atoms with van der Waals surface area (Å²) in [5, 5.41) is 3.87. The minimum absolute atomic E-state index is 0.326. The highest BCUT2D eigenvalue weighted by molar-refractivity contribution is 4.91. The van der Waals surface area contributed by atoms with E-state index in [2.05, 4.69) is 10.1 Å². The third-order valence-corrected chi connectivity index (χ3v) is 2.98. The van der Waals surface area contributed by atoms with Crippen molar-refractivity contribution in [2.24, 2.45) is 11.7 Å². The van der Waals surface area contributed by atoms with Gasteiger partial charge in [-0.25, -0.2) is 0 Å². The zero-order valence-corrected chi connectivity index (χ0v) is 8.57. The van der Waals surface area contributed by atoms with E-state index in [1.807, 2.05) is 6.92 Å². The van der Waals surface area contributed by atoms with E-state index < -0.39 is 0 Å². The van der Waals surface area contributed by atoms with E-state index in [4.69, 9.17) is 10.3 Å². The van der Waals surface area contributed by atoms with Crippen LogP contribution in [0.2, 0.25) is 0 Å². The van der Waals surface area contributed by atoms with Gasteiger partial charge in [0.1, 0.15) is 0 Å². The van der Waals surface area contributed by atoms with Gasteiger partial charge in [0.05, 0.1) is 0 Å². The molecule has 0 saturated heterocycles. The molecule has 1 saturated carbocycles. The number of nitrogens with two attached hydrogens (primary N) is 1. The molecule has 1 aromatic rings. The molecule has 0 aromatic carbocycles. The summed E-state index contributed by atoms with van der Waals surface area (Å²) in [6.45, 7) is 2.02. The summed E-state index contributed by atoms with van der Waals surface area (Å²) in [7, 11) is 0. The number of nitrogens with zero attached hydrogens (tertiary/aromatic N) is 2. The van der Waals surface area contributed by atoms with Crippen LogP contribution in [0.15, 0.2) is 4.52 Å². The van der Waals surface area contributed by atoms with Crippen molar-refractivity contribution in [3.63, 3.8) is 0 Å². The van der Waals surface area contributed by atoms with Crippen molar-refractivity contribution in [2.45, 2.75) is 45.1 Å². The fraction of sp³-hybridized carbons (Fsp3) is 0.800. The molecule has 1 fully saturated rings. The second-order valence-corrected chi connectivity index (χ2v) is 4.02. The van der Waals surface area contributed by atoms with Crippen LogP contribution in [-0.4, -0.2) is 16.2 Å². The van der Waals surface area contributed by atoms with Gasteiger partial charge in [-0.1, -0.05) is 18.5 Å². The standard InChI is InChI=1S/C10H17N3O/c1-2-9-12-10(14-13-9)6-7-4-3-5-8(7)11/h7-8H,2-6,11H2,1H3/t7-,8+/m0/s1. The zero-order chi connectivity index (χ0) is 9.97. The lowest BCUT2D eigenvalue weighted by molar-refractivity contribution is 0.341. The number of hydrogen-bond donors (Lipinski definition) is 1. The van der Waals surface area contributed by atoms with Gasteiger partial charge >= 0.3 is 0 Å². The monoisotopic (exact) mass is 195 g/mol. The second kappa shape index (κ2) is 4.09. The lowest BCUT2D eigenvalue weighted by atomic mass is 10.0. The lowest BCUT2D eigenvalue weighted by Gasteiger charge is -2.11. The first-order valence-electron chi connectivity index (χ1n) is 5.36. The molecular formula is C10H17N3O. The molecule has 1 aliphatic carbocycles. The molecule has 0 aliphatic heterocycles. The highest BCUT2D eigenvalue weighted by atomic mass is 16.5. The summed E-state index contributed by atoms with van der Waals surface area (Å²) < 4.78 is 5.15. The van der Waals surface area contributed by atoms with Crippen LogP contribution in [0.5, 0.6) is 0 Å². The van der Waals surface area contributed by atoms with Gasteiger partial charge in [0.15, 0.2) is 5.82 Å². The molecule has 2 atom stereocenters. The van der Waals surface area contributed by atoms with Gasteiger partial charge in [0, 0.05) is 18.9 Å². The summed E-state index contributed by atoms with van der Waals surface area (Å²) in [5.41, 5.74) is 5.98. The average Bonchev–Trinajstić information content (AvgIpc) is 2.77. The maximum atomic E-state index is 5.98. The van der Waals surface area contributed by atoms with Crippen molar-refractivity contribution in [3.05, 3.63) is 11.7 Å². The molecule has 4 heteroatoms. The van der Waals surface area contributed by atoms with E-state index >= 15 is 0 Å². The normalized spacial score (nSPS) is 27.0. The number of rotatable bonds is 3. The van der Waals surface area contributed by atoms with Gasteiger partial charge in [-0.15, -0.1) is 0 Å². The Hall–Kier alpha value is -0.900. The van der Waals surface area contributed by atoms with Crippen LogP contribution in [0.4, 0.5) is 0 Å². The maximum Gasteiger partial charge on any atom is 0.226 e. The van der Waals surface area contributed by atoms with Crippen LogP contribution in [0.25, 0.3) is 0 Å². The van der Waals surface area contributed by atoms with Crippen molar-refractivity contribution in [3.8, 4) is 0 Å². The molecule has 2 rings (SSSR count). The molecule has 1 aromatic heterocycles. The molecular weight excluding hydrogens is 178 g/mol. The minimum Gasteiger partial charge on any atom is -0.339 e. The van der Waals surface area contributed by atoms with Crippen LogP contribution < -0.4 is 5.73 Å². The quantitative estimate of drug-likeness (QED) is 0.789. The van der Waals surface area contributed by atoms with E-state index in [1.165, 1.54) is 12.8 Å². The fourth-order valence-electron chi connectivity index (χ4n) is 2.06. The van der Waals surface area contributed by atoms with E-state index in [-0.39, 0.29) is 0 Å². The van der Waals surface area contributed by atoms with E-state index in [1.54, 1.807) is 0 Å². The molecule has 1 aliphatic rings. The first kappa shape index (κ1) is 9.65. The largest absolute Gasteiger partial charge is 0.339 e. The summed E-state index contributed by atoms with van der Waals surface area (Å²) in [6, 6.07) is 0.326. The number of aryl methyl sites for hydroxylation is 1. The number of aromatic nitrogens is 2. The van der Waals surface area contributed by atoms with Crippen molar-refractivity contribution >= 4 is 0 Å². The first-order valence-corrected chi connectivity index (χ1v) is 5.36. The van der Waals surface area contributed by atoms with Gasteiger partial charge in [0.25, 0.3) is 0 Å². The van der Waals surface area contributed by atoms with Gasteiger partial charge in [-0.2, -0.15) is 4.98 Å². The Morgan fingerprint density at radius 2 is 2.36 bits per heavy atom. The molecule has 14 heavy (non-hydrogen) atoms. The van der Waals surface area contributed by atoms with Crippen molar-refractivity contribution in [1.82, 2.24) is 10.1 Å². The van der Waals surface area contributed by atoms with Crippen LogP contribution in [0, 0.1) is 5.92 Å². The molecule has 1 heterocycles. The Kier molecular flexibility index (Phi) is 2.82. The van der Waals surface area contributed by atoms with E-state index in [0.717, 1.165) is 31.0 Å². The van der Waals surface area contributed by atoms with Crippen LogP contribution in [-0.2, 0) is 12.8 Å². The minimum atomic E-state index is 0.326. The van der Waals surface area contributed by atoms with Crippen molar-refractivity contribution < 1.29 is 4.52 Å². The molecule has 4 nitrogen and oxygen atoms in total. The Morgan fingerprint density at radius 3 is 2.93 bits per heavy atom. The third kappa shape index (κ3) is 1.95. The van der Waals surface area contributed by atoms with Gasteiger partial charge in [0.2, 0.25) is 5.89 Å². The Morgan fingerprint density at radius 1 is 1.50 bits per heavy atom. The summed E-state index contributed by atoms with van der Waals surface area (Å²) >= 11 is 0. The average molecular weight is 195 g/mol. The Balaban J connectivity index is 1.96. The van der Waals surface area contributed by atoms with Crippen LogP contribution in [0.1, 0.15) is 37.9 Å². The Labute approximate surface area is 83.9 Å². The molecule has 0 radical (unpaired) electrons. The van der Waals surface area contributed by atoms with Crippen LogP contribution >= 0.6 is 0 Å².